The first-order valence-electron chi connectivity index (χ1n) is 8.15. The molecule has 0 fully saturated rings. The van der Waals surface area contributed by atoms with Crippen molar-refractivity contribution >= 4 is 55.0 Å². The number of fused-ring (bicyclic) bond motifs is 2. The van der Waals surface area contributed by atoms with Crippen molar-refractivity contribution in [1.82, 2.24) is 19.6 Å². The number of anilines is 1. The summed E-state index contributed by atoms with van der Waals surface area (Å²) in [4.78, 5) is 18.4. The van der Waals surface area contributed by atoms with E-state index in [0.717, 1.165) is 11.3 Å². The molecule has 0 aliphatic carbocycles. The highest BCUT2D eigenvalue weighted by Crippen LogP contribution is 2.27. The van der Waals surface area contributed by atoms with E-state index >= 15 is 0 Å². The third-order valence-corrected chi connectivity index (χ3v) is 6.54. The summed E-state index contributed by atoms with van der Waals surface area (Å²) >= 11 is 7.26. The quantitative estimate of drug-likeness (QED) is 0.435. The lowest BCUT2D eigenvalue weighted by atomic mass is 10.2. The molecule has 0 radical (unpaired) electrons. The number of thiazole rings is 1. The van der Waals surface area contributed by atoms with E-state index in [9.17, 15) is 13.2 Å². The van der Waals surface area contributed by atoms with Gasteiger partial charge in [-0.15, -0.1) is 16.4 Å². The minimum Gasteiger partial charge on any atom is -0.408 e. The zero-order valence-electron chi connectivity index (χ0n) is 14.3. The number of halogens is 1. The number of rotatable bonds is 4. The van der Waals surface area contributed by atoms with Crippen molar-refractivity contribution in [3.63, 3.8) is 0 Å². The van der Waals surface area contributed by atoms with Gasteiger partial charge < -0.3 is 4.42 Å². The van der Waals surface area contributed by atoms with Gasteiger partial charge in [0, 0.05) is 22.0 Å². The first kappa shape index (κ1) is 17.9. The molecule has 12 heteroatoms. The number of hydrogen-bond acceptors (Lipinski definition) is 7. The molecule has 0 aliphatic rings. The Morgan fingerprint density at radius 3 is 2.76 bits per heavy atom. The lowest BCUT2D eigenvalue weighted by Gasteiger charge is -2.04. The van der Waals surface area contributed by atoms with E-state index in [1.165, 1.54) is 29.5 Å². The summed E-state index contributed by atoms with van der Waals surface area (Å²) in [5.41, 5.74) is 2.17. The Hall–Kier alpha value is -3.15. The average Bonchev–Trinajstić information content (AvgIpc) is 3.34. The largest absolute Gasteiger partial charge is 0.417 e. The summed E-state index contributed by atoms with van der Waals surface area (Å²) in [7, 11) is -3.98. The van der Waals surface area contributed by atoms with Crippen molar-refractivity contribution in [2.75, 3.05) is 4.72 Å². The maximum atomic E-state index is 12.7. The van der Waals surface area contributed by atoms with Crippen LogP contribution in [0.5, 0.6) is 0 Å². The van der Waals surface area contributed by atoms with Crippen LogP contribution < -0.4 is 10.5 Å². The van der Waals surface area contributed by atoms with Crippen LogP contribution in [0.1, 0.15) is 0 Å². The Labute approximate surface area is 171 Å². The van der Waals surface area contributed by atoms with Crippen LogP contribution in [0.3, 0.4) is 0 Å². The van der Waals surface area contributed by atoms with Crippen LogP contribution in [0, 0.1) is 0 Å². The minimum atomic E-state index is -3.98. The number of H-pyrrole nitrogens is 1. The molecule has 0 spiro atoms. The number of aromatic nitrogens is 4. The van der Waals surface area contributed by atoms with E-state index in [2.05, 4.69) is 19.8 Å². The summed E-state index contributed by atoms with van der Waals surface area (Å²) in [6.07, 6.45) is 0. The lowest BCUT2D eigenvalue weighted by molar-refractivity contribution is 0.554. The number of oxazole rings is 1. The number of nitrogens with zero attached hydrogens (tertiary/aromatic N) is 3. The minimum absolute atomic E-state index is 0.0670. The van der Waals surface area contributed by atoms with Gasteiger partial charge in [0.25, 0.3) is 16.0 Å². The molecule has 0 atom stereocenters. The summed E-state index contributed by atoms with van der Waals surface area (Å²) in [5, 5.41) is 6.75. The van der Waals surface area contributed by atoms with E-state index in [1.54, 1.807) is 16.6 Å². The van der Waals surface area contributed by atoms with Gasteiger partial charge in [0.1, 0.15) is 0 Å². The van der Waals surface area contributed by atoms with Crippen LogP contribution in [-0.4, -0.2) is 28.0 Å². The van der Waals surface area contributed by atoms with Gasteiger partial charge in [0.2, 0.25) is 4.96 Å². The van der Waals surface area contributed by atoms with Crippen LogP contribution in [0.4, 0.5) is 5.95 Å². The van der Waals surface area contributed by atoms with E-state index in [1.807, 2.05) is 17.5 Å². The number of benzene rings is 2. The molecular formula is C17H10ClN5O4S2. The molecule has 0 unspecified atom stereocenters. The van der Waals surface area contributed by atoms with Crippen molar-refractivity contribution in [3.8, 4) is 11.3 Å². The molecule has 3 heterocycles. The Bertz CT molecular complexity index is 1530. The van der Waals surface area contributed by atoms with E-state index in [4.69, 9.17) is 16.0 Å². The fourth-order valence-corrected chi connectivity index (χ4v) is 4.73. The second kappa shape index (κ2) is 6.44. The van der Waals surface area contributed by atoms with Crippen molar-refractivity contribution < 1.29 is 12.8 Å². The van der Waals surface area contributed by atoms with Crippen LogP contribution in [-0.2, 0) is 10.0 Å². The lowest BCUT2D eigenvalue weighted by Crippen LogP contribution is -2.14. The van der Waals surface area contributed by atoms with Crippen molar-refractivity contribution in [2.24, 2.45) is 0 Å². The number of hydrogen-bond donors (Lipinski definition) is 2. The molecule has 29 heavy (non-hydrogen) atoms. The van der Waals surface area contributed by atoms with Crippen LogP contribution in [0.2, 0.25) is 5.02 Å². The molecule has 146 valence electrons. The van der Waals surface area contributed by atoms with Gasteiger partial charge in [0.05, 0.1) is 16.1 Å². The number of nitrogens with one attached hydrogen (secondary N) is 2. The predicted octanol–water partition coefficient (Wildman–Crippen LogP) is 3.35. The van der Waals surface area contributed by atoms with Gasteiger partial charge in [-0.1, -0.05) is 23.7 Å². The molecular weight excluding hydrogens is 438 g/mol. The summed E-state index contributed by atoms with van der Waals surface area (Å²) in [6, 6.07) is 11.3. The molecule has 0 amide bonds. The van der Waals surface area contributed by atoms with Crippen LogP contribution in [0.25, 0.3) is 27.3 Å². The van der Waals surface area contributed by atoms with Gasteiger partial charge in [0.15, 0.2) is 5.58 Å². The zero-order valence-corrected chi connectivity index (χ0v) is 16.7. The van der Waals surface area contributed by atoms with Gasteiger partial charge in [-0.05, 0) is 24.3 Å². The van der Waals surface area contributed by atoms with Crippen molar-refractivity contribution in [2.45, 2.75) is 4.90 Å². The Balaban J connectivity index is 1.50. The Morgan fingerprint density at radius 2 is 1.97 bits per heavy atom. The zero-order chi connectivity index (χ0) is 20.2. The summed E-state index contributed by atoms with van der Waals surface area (Å²) < 4.78 is 34.2. The van der Waals surface area contributed by atoms with Crippen LogP contribution >= 0.6 is 22.9 Å². The highest BCUT2D eigenvalue weighted by molar-refractivity contribution is 7.92. The van der Waals surface area contributed by atoms with Crippen LogP contribution in [0.15, 0.2) is 62.0 Å². The maximum absolute atomic E-state index is 12.7. The smallest absolute Gasteiger partial charge is 0.408 e. The molecule has 3 aromatic heterocycles. The highest BCUT2D eigenvalue weighted by Gasteiger charge is 2.20. The van der Waals surface area contributed by atoms with Crippen molar-refractivity contribution in [3.05, 3.63) is 63.4 Å². The Kier molecular flexibility index (Phi) is 3.98. The van der Waals surface area contributed by atoms with Gasteiger partial charge in [-0.25, -0.2) is 22.4 Å². The topological polar surface area (TPSA) is 122 Å². The molecule has 0 saturated heterocycles. The highest BCUT2D eigenvalue weighted by atomic mass is 35.5. The third kappa shape index (κ3) is 3.18. The van der Waals surface area contributed by atoms with Gasteiger partial charge >= 0.3 is 5.76 Å². The molecule has 0 bridgehead atoms. The fraction of sp³-hybridized carbons (Fsp3) is 0. The van der Waals surface area contributed by atoms with Gasteiger partial charge in [-0.3, -0.25) is 4.98 Å². The third-order valence-electron chi connectivity index (χ3n) is 4.15. The Morgan fingerprint density at radius 1 is 1.17 bits per heavy atom. The monoisotopic (exact) mass is 447 g/mol. The average molecular weight is 448 g/mol. The summed E-state index contributed by atoms with van der Waals surface area (Å²) in [5.74, 6) is -0.726. The molecule has 0 aliphatic heterocycles. The first-order valence-corrected chi connectivity index (χ1v) is 10.9. The fourth-order valence-electron chi connectivity index (χ4n) is 2.82. The second-order valence-corrected chi connectivity index (χ2v) is 8.99. The van der Waals surface area contributed by atoms with E-state index in [0.29, 0.717) is 15.5 Å². The number of aromatic amines is 1. The van der Waals surface area contributed by atoms with E-state index < -0.39 is 15.8 Å². The molecule has 5 rings (SSSR count). The molecule has 2 aromatic carbocycles. The van der Waals surface area contributed by atoms with Crippen molar-refractivity contribution in [1.29, 1.82) is 0 Å². The van der Waals surface area contributed by atoms with E-state index in [-0.39, 0.29) is 16.4 Å². The normalized spacial score (nSPS) is 12.0. The SMILES string of the molecule is O=c1[nH]c2ccc(S(=O)(=O)Nc3nc4scc(-c5ccc(Cl)cc5)n4n3)cc2o1. The van der Waals surface area contributed by atoms with Gasteiger partial charge in [-0.2, -0.15) is 4.98 Å². The summed E-state index contributed by atoms with van der Waals surface area (Å²) in [6.45, 7) is 0. The maximum Gasteiger partial charge on any atom is 0.417 e. The standard InChI is InChI=1S/C17H10ClN5O4S2/c18-10-3-1-9(2-4-10)13-8-28-16-20-15(21-23(13)16)22-29(25,26)11-5-6-12-14(7-11)27-17(24)19-12/h1-8H,(H,19,24)(H,21,22). The number of sulfonamides is 1. The predicted molar refractivity (Wildman–Crippen MR) is 109 cm³/mol. The molecule has 2 N–H and O–H groups in total. The first-order chi connectivity index (χ1) is 13.9. The molecule has 5 aromatic rings. The molecule has 9 nitrogen and oxygen atoms in total. The second-order valence-electron chi connectivity index (χ2n) is 6.04. The molecule has 0 saturated carbocycles.